The average Bonchev–Trinajstić information content (AvgIpc) is 3.05. The highest BCUT2D eigenvalue weighted by molar-refractivity contribution is 6.33. The third-order valence-corrected chi connectivity index (χ3v) is 4.12. The number of halogens is 1. The molecule has 0 heterocycles. The lowest BCUT2D eigenvalue weighted by molar-refractivity contribution is 0.354. The molecule has 106 valence electrons. The smallest absolute Gasteiger partial charge is 0.179 e. The fourth-order valence-electron chi connectivity index (χ4n) is 2.50. The first-order valence-electron chi connectivity index (χ1n) is 6.64. The van der Waals surface area contributed by atoms with Crippen LogP contribution in [0, 0.1) is 0 Å². The number of nitrogens with two attached hydrogens (primary N) is 1. The van der Waals surface area contributed by atoms with Gasteiger partial charge in [-0.05, 0) is 42.4 Å². The highest BCUT2D eigenvalue weighted by Crippen LogP contribution is 2.45. The van der Waals surface area contributed by atoms with E-state index >= 15 is 0 Å². The van der Waals surface area contributed by atoms with Gasteiger partial charge in [-0.3, -0.25) is 0 Å². The van der Waals surface area contributed by atoms with E-state index in [1.807, 2.05) is 6.07 Å². The average molecular weight is 284 g/mol. The van der Waals surface area contributed by atoms with E-state index in [1.54, 1.807) is 14.2 Å². The van der Waals surface area contributed by atoms with Crippen LogP contribution in [0.25, 0.3) is 0 Å². The quantitative estimate of drug-likeness (QED) is 0.899. The van der Waals surface area contributed by atoms with Crippen LogP contribution in [0.5, 0.6) is 11.5 Å². The zero-order valence-electron chi connectivity index (χ0n) is 12.0. The maximum Gasteiger partial charge on any atom is 0.179 e. The fraction of sp³-hybridized carbons (Fsp3) is 0.600. The van der Waals surface area contributed by atoms with Crippen molar-refractivity contribution in [2.45, 2.75) is 44.6 Å². The molecule has 0 aliphatic heterocycles. The lowest BCUT2D eigenvalue weighted by atomic mass is 9.91. The number of benzene rings is 1. The second-order valence-corrected chi connectivity index (χ2v) is 6.07. The van der Waals surface area contributed by atoms with Gasteiger partial charge in [0, 0.05) is 5.54 Å². The lowest BCUT2D eigenvalue weighted by Gasteiger charge is -2.21. The van der Waals surface area contributed by atoms with Crippen LogP contribution in [0.3, 0.4) is 0 Å². The van der Waals surface area contributed by atoms with Crippen LogP contribution in [-0.2, 0) is 6.42 Å². The number of hydrogen-bond donors (Lipinski definition) is 1. The summed E-state index contributed by atoms with van der Waals surface area (Å²) in [6.07, 6.45) is 3.01. The highest BCUT2D eigenvalue weighted by Gasteiger charge is 2.39. The van der Waals surface area contributed by atoms with Crippen LogP contribution >= 0.6 is 11.6 Å². The summed E-state index contributed by atoms with van der Waals surface area (Å²) in [5, 5.41) is 0.649. The molecule has 0 radical (unpaired) electrons. The van der Waals surface area contributed by atoms with Crippen LogP contribution in [0.2, 0.25) is 5.02 Å². The summed E-state index contributed by atoms with van der Waals surface area (Å²) >= 11 is 6.50. The van der Waals surface area contributed by atoms with Gasteiger partial charge in [0.25, 0.3) is 0 Å². The largest absolute Gasteiger partial charge is 0.493 e. The molecule has 0 amide bonds. The van der Waals surface area contributed by atoms with E-state index in [9.17, 15) is 0 Å². The van der Waals surface area contributed by atoms with E-state index in [1.165, 1.54) is 5.56 Å². The van der Waals surface area contributed by atoms with Gasteiger partial charge in [-0.1, -0.05) is 25.4 Å². The summed E-state index contributed by atoms with van der Waals surface area (Å²) in [6.45, 7) is 4.26. The second-order valence-electron chi connectivity index (χ2n) is 5.69. The van der Waals surface area contributed by atoms with Crippen molar-refractivity contribution in [3.8, 4) is 11.5 Å². The van der Waals surface area contributed by atoms with Crippen LogP contribution < -0.4 is 15.2 Å². The summed E-state index contributed by atoms with van der Waals surface area (Å²) in [7, 11) is 3.24. The molecular formula is C15H22ClNO2. The first-order chi connectivity index (χ1) is 8.91. The van der Waals surface area contributed by atoms with Gasteiger partial charge in [0.15, 0.2) is 11.5 Å². The summed E-state index contributed by atoms with van der Waals surface area (Å²) in [5.74, 6) is 1.61. The van der Waals surface area contributed by atoms with Crippen molar-refractivity contribution < 1.29 is 9.47 Å². The Morgan fingerprint density at radius 3 is 2.37 bits per heavy atom. The van der Waals surface area contributed by atoms with Gasteiger partial charge in [0.1, 0.15) is 0 Å². The van der Waals surface area contributed by atoms with Gasteiger partial charge in [-0.2, -0.15) is 0 Å². The van der Waals surface area contributed by atoms with E-state index < -0.39 is 0 Å². The Balaban J connectivity index is 2.53. The predicted molar refractivity (Wildman–Crippen MR) is 78.5 cm³/mol. The SMILES string of the molecule is COc1cc(CC2(N)CC2)c(C(C)C)c(Cl)c1OC. The first-order valence-corrected chi connectivity index (χ1v) is 7.02. The maximum absolute atomic E-state index is 6.50. The van der Waals surface area contributed by atoms with Crippen molar-refractivity contribution >= 4 is 11.6 Å². The van der Waals surface area contributed by atoms with Crippen LogP contribution in [0.15, 0.2) is 6.07 Å². The standard InChI is InChI=1S/C15H22ClNO2/c1-9(2)12-10(8-15(17)5-6-15)7-11(18-3)14(19-4)13(12)16/h7,9H,5-6,8,17H2,1-4H3. The van der Waals surface area contributed by atoms with E-state index in [4.69, 9.17) is 26.8 Å². The molecule has 0 bridgehead atoms. The summed E-state index contributed by atoms with van der Waals surface area (Å²) in [5.41, 5.74) is 8.50. The molecule has 1 fully saturated rings. The fourth-order valence-corrected chi connectivity index (χ4v) is 3.01. The summed E-state index contributed by atoms with van der Waals surface area (Å²) < 4.78 is 10.7. The Labute approximate surface area is 120 Å². The normalized spacial score (nSPS) is 16.6. The van der Waals surface area contributed by atoms with Crippen molar-refractivity contribution in [3.63, 3.8) is 0 Å². The maximum atomic E-state index is 6.50. The van der Waals surface area contributed by atoms with E-state index in [-0.39, 0.29) is 5.54 Å². The molecule has 0 saturated heterocycles. The van der Waals surface area contributed by atoms with Crippen molar-refractivity contribution in [3.05, 3.63) is 22.2 Å². The van der Waals surface area contributed by atoms with Crippen molar-refractivity contribution in [2.24, 2.45) is 5.73 Å². The molecule has 2 rings (SSSR count). The third kappa shape index (κ3) is 2.82. The monoisotopic (exact) mass is 283 g/mol. The minimum Gasteiger partial charge on any atom is -0.493 e. The van der Waals surface area contributed by atoms with Gasteiger partial charge in [0.2, 0.25) is 0 Å². The van der Waals surface area contributed by atoms with Gasteiger partial charge in [-0.15, -0.1) is 0 Å². The Morgan fingerprint density at radius 1 is 1.32 bits per heavy atom. The molecule has 1 aromatic rings. The minimum atomic E-state index is -0.0490. The van der Waals surface area contributed by atoms with E-state index in [0.717, 1.165) is 24.8 Å². The van der Waals surface area contributed by atoms with Crippen molar-refractivity contribution in [1.29, 1.82) is 0 Å². The van der Waals surface area contributed by atoms with E-state index in [0.29, 0.717) is 22.4 Å². The number of ether oxygens (including phenoxy) is 2. The lowest BCUT2D eigenvalue weighted by Crippen LogP contribution is -2.25. The van der Waals surface area contributed by atoms with Gasteiger partial charge in [0.05, 0.1) is 19.2 Å². The molecule has 1 aromatic carbocycles. The summed E-state index contributed by atoms with van der Waals surface area (Å²) in [4.78, 5) is 0. The number of rotatable bonds is 5. The molecule has 0 aromatic heterocycles. The molecule has 1 aliphatic carbocycles. The van der Waals surface area contributed by atoms with E-state index in [2.05, 4.69) is 13.8 Å². The highest BCUT2D eigenvalue weighted by atomic mass is 35.5. The zero-order chi connectivity index (χ0) is 14.2. The second kappa shape index (κ2) is 5.22. The molecule has 4 heteroatoms. The number of methoxy groups -OCH3 is 2. The molecule has 3 nitrogen and oxygen atoms in total. The minimum absolute atomic E-state index is 0.0490. The van der Waals surface area contributed by atoms with Crippen LogP contribution in [0.1, 0.15) is 43.7 Å². The molecule has 0 spiro atoms. The predicted octanol–water partition coefficient (Wildman–Crippen LogP) is 3.51. The Morgan fingerprint density at radius 2 is 1.95 bits per heavy atom. The molecule has 1 aliphatic rings. The topological polar surface area (TPSA) is 44.5 Å². The van der Waals surface area contributed by atoms with Gasteiger partial charge >= 0.3 is 0 Å². The summed E-state index contributed by atoms with van der Waals surface area (Å²) in [6, 6.07) is 2.02. The third-order valence-electron chi connectivity index (χ3n) is 3.75. The first kappa shape index (κ1) is 14.5. The Kier molecular flexibility index (Phi) is 3.98. The molecular weight excluding hydrogens is 262 g/mol. The molecule has 0 unspecified atom stereocenters. The Bertz CT molecular complexity index is 482. The Hall–Kier alpha value is -0.930. The van der Waals surface area contributed by atoms with Crippen molar-refractivity contribution in [1.82, 2.24) is 0 Å². The number of hydrogen-bond acceptors (Lipinski definition) is 3. The molecule has 0 atom stereocenters. The van der Waals surface area contributed by atoms with Gasteiger partial charge in [-0.25, -0.2) is 0 Å². The molecule has 2 N–H and O–H groups in total. The molecule has 1 saturated carbocycles. The zero-order valence-corrected chi connectivity index (χ0v) is 12.8. The van der Waals surface area contributed by atoms with Crippen LogP contribution in [0.4, 0.5) is 0 Å². The van der Waals surface area contributed by atoms with Crippen LogP contribution in [-0.4, -0.2) is 19.8 Å². The van der Waals surface area contributed by atoms with Gasteiger partial charge < -0.3 is 15.2 Å². The van der Waals surface area contributed by atoms with Crippen molar-refractivity contribution in [2.75, 3.05) is 14.2 Å². The molecule has 19 heavy (non-hydrogen) atoms.